The van der Waals surface area contributed by atoms with E-state index >= 15 is 0 Å². The van der Waals surface area contributed by atoms with Gasteiger partial charge in [0.05, 0.1) is 18.8 Å². The average molecular weight is 203 g/mol. The summed E-state index contributed by atoms with van der Waals surface area (Å²) in [5, 5.41) is 3.33. The molecular formula is C10H21NO3. The van der Waals surface area contributed by atoms with Crippen molar-refractivity contribution < 1.29 is 14.2 Å². The number of nitrogens with one attached hydrogen (secondary N) is 1. The predicted octanol–water partition coefficient (Wildman–Crippen LogP) is 0.416. The molecule has 0 radical (unpaired) electrons. The van der Waals surface area contributed by atoms with Crippen LogP contribution in [-0.2, 0) is 14.2 Å². The summed E-state index contributed by atoms with van der Waals surface area (Å²) < 4.78 is 15.7. The second-order valence-corrected chi connectivity index (χ2v) is 3.61. The van der Waals surface area contributed by atoms with Crippen LogP contribution in [0.5, 0.6) is 0 Å². The molecule has 1 rings (SSSR count). The first-order chi connectivity index (χ1) is 6.86. The van der Waals surface area contributed by atoms with E-state index in [4.69, 9.17) is 14.2 Å². The van der Waals surface area contributed by atoms with Crippen molar-refractivity contribution in [1.82, 2.24) is 5.32 Å². The Labute approximate surface area is 85.9 Å². The van der Waals surface area contributed by atoms with Crippen molar-refractivity contribution >= 4 is 0 Å². The molecule has 0 aromatic heterocycles. The molecule has 1 aliphatic rings. The molecule has 0 spiro atoms. The molecule has 84 valence electrons. The zero-order chi connectivity index (χ0) is 10.2. The van der Waals surface area contributed by atoms with Crippen LogP contribution in [-0.4, -0.2) is 52.7 Å². The molecule has 2 atom stereocenters. The average Bonchev–Trinajstić information content (AvgIpc) is 2.69. The smallest absolute Gasteiger partial charge is 0.0928 e. The lowest BCUT2D eigenvalue weighted by Crippen LogP contribution is -2.36. The molecule has 0 aliphatic carbocycles. The maximum absolute atomic E-state index is 5.49. The van der Waals surface area contributed by atoms with E-state index in [0.717, 1.165) is 19.7 Å². The summed E-state index contributed by atoms with van der Waals surface area (Å²) >= 11 is 0. The second kappa shape index (κ2) is 7.17. The molecule has 1 saturated heterocycles. The van der Waals surface area contributed by atoms with Gasteiger partial charge >= 0.3 is 0 Å². The summed E-state index contributed by atoms with van der Waals surface area (Å²) in [6.45, 7) is 3.29. The second-order valence-electron chi connectivity index (χ2n) is 3.61. The van der Waals surface area contributed by atoms with Gasteiger partial charge in [-0.05, 0) is 12.8 Å². The highest BCUT2D eigenvalue weighted by Gasteiger charge is 2.15. The lowest BCUT2D eigenvalue weighted by molar-refractivity contribution is 0.0260. The first kappa shape index (κ1) is 11.9. The van der Waals surface area contributed by atoms with E-state index in [2.05, 4.69) is 5.32 Å². The topological polar surface area (TPSA) is 39.7 Å². The maximum Gasteiger partial charge on any atom is 0.0928 e. The van der Waals surface area contributed by atoms with Gasteiger partial charge in [-0.15, -0.1) is 0 Å². The number of methoxy groups -OCH3 is 2. The lowest BCUT2D eigenvalue weighted by Gasteiger charge is -2.16. The van der Waals surface area contributed by atoms with Gasteiger partial charge in [-0.1, -0.05) is 0 Å². The quantitative estimate of drug-likeness (QED) is 0.651. The molecule has 0 aromatic rings. The van der Waals surface area contributed by atoms with E-state index in [1.54, 1.807) is 14.2 Å². The normalized spacial score (nSPS) is 24.0. The van der Waals surface area contributed by atoms with Gasteiger partial charge in [0.15, 0.2) is 0 Å². The Bertz CT molecular complexity index is 137. The highest BCUT2D eigenvalue weighted by Crippen LogP contribution is 2.10. The van der Waals surface area contributed by atoms with Gasteiger partial charge in [-0.25, -0.2) is 0 Å². The fourth-order valence-electron chi connectivity index (χ4n) is 1.61. The first-order valence-electron chi connectivity index (χ1n) is 5.21. The van der Waals surface area contributed by atoms with Crippen molar-refractivity contribution in [3.05, 3.63) is 0 Å². The van der Waals surface area contributed by atoms with Crippen LogP contribution in [0.4, 0.5) is 0 Å². The largest absolute Gasteiger partial charge is 0.382 e. The van der Waals surface area contributed by atoms with E-state index in [1.807, 2.05) is 0 Å². The molecule has 0 aromatic carbocycles. The molecule has 1 aliphatic heterocycles. The minimum atomic E-state index is 0.140. The Morgan fingerprint density at radius 1 is 1.50 bits per heavy atom. The van der Waals surface area contributed by atoms with Gasteiger partial charge in [-0.2, -0.15) is 0 Å². The molecule has 1 N–H and O–H groups in total. The fraction of sp³-hybridized carbons (Fsp3) is 1.00. The van der Waals surface area contributed by atoms with Crippen molar-refractivity contribution in [1.29, 1.82) is 0 Å². The number of hydrogen-bond acceptors (Lipinski definition) is 4. The summed E-state index contributed by atoms with van der Waals surface area (Å²) in [6, 6.07) is 0. The monoisotopic (exact) mass is 203 g/mol. The third kappa shape index (κ3) is 4.37. The third-order valence-corrected chi connectivity index (χ3v) is 2.45. The number of rotatable bonds is 7. The summed E-state index contributed by atoms with van der Waals surface area (Å²) in [6.07, 6.45) is 2.91. The highest BCUT2D eigenvalue weighted by atomic mass is 16.5. The molecule has 0 saturated carbocycles. The molecule has 14 heavy (non-hydrogen) atoms. The fourth-order valence-corrected chi connectivity index (χ4v) is 1.61. The van der Waals surface area contributed by atoms with Gasteiger partial charge in [0.2, 0.25) is 0 Å². The summed E-state index contributed by atoms with van der Waals surface area (Å²) in [4.78, 5) is 0. The zero-order valence-electron chi connectivity index (χ0n) is 9.12. The van der Waals surface area contributed by atoms with E-state index < -0.39 is 0 Å². The van der Waals surface area contributed by atoms with Crippen LogP contribution in [0, 0.1) is 0 Å². The van der Waals surface area contributed by atoms with Crippen molar-refractivity contribution in [2.45, 2.75) is 25.0 Å². The minimum absolute atomic E-state index is 0.140. The van der Waals surface area contributed by atoms with Gasteiger partial charge in [0.25, 0.3) is 0 Å². The van der Waals surface area contributed by atoms with Gasteiger partial charge < -0.3 is 19.5 Å². The maximum atomic E-state index is 5.49. The van der Waals surface area contributed by atoms with Crippen LogP contribution in [0.3, 0.4) is 0 Å². The third-order valence-electron chi connectivity index (χ3n) is 2.45. The van der Waals surface area contributed by atoms with E-state index in [1.165, 1.54) is 12.8 Å². The van der Waals surface area contributed by atoms with Crippen LogP contribution >= 0.6 is 0 Å². The van der Waals surface area contributed by atoms with E-state index in [9.17, 15) is 0 Å². The number of ether oxygens (including phenoxy) is 3. The highest BCUT2D eigenvalue weighted by molar-refractivity contribution is 4.69. The zero-order valence-corrected chi connectivity index (χ0v) is 9.12. The van der Waals surface area contributed by atoms with Crippen LogP contribution < -0.4 is 5.32 Å². The van der Waals surface area contributed by atoms with Crippen LogP contribution in [0.25, 0.3) is 0 Å². The molecule has 4 heteroatoms. The van der Waals surface area contributed by atoms with E-state index in [-0.39, 0.29) is 6.10 Å². The van der Waals surface area contributed by atoms with Crippen LogP contribution in [0.1, 0.15) is 12.8 Å². The minimum Gasteiger partial charge on any atom is -0.382 e. The standard InChI is InChI=1S/C10H21NO3/c1-12-8-10(13-2)7-11-6-9-4-3-5-14-9/h9-11H,3-8H2,1-2H3. The molecule has 4 nitrogen and oxygen atoms in total. The summed E-state index contributed by atoms with van der Waals surface area (Å²) in [5.74, 6) is 0. The Morgan fingerprint density at radius 2 is 2.36 bits per heavy atom. The summed E-state index contributed by atoms with van der Waals surface area (Å²) in [5.41, 5.74) is 0. The molecule has 2 unspecified atom stereocenters. The van der Waals surface area contributed by atoms with Gasteiger partial charge in [0.1, 0.15) is 0 Å². The Hall–Kier alpha value is -0.160. The number of hydrogen-bond donors (Lipinski definition) is 1. The summed E-state index contributed by atoms with van der Waals surface area (Å²) in [7, 11) is 3.39. The van der Waals surface area contributed by atoms with Gasteiger partial charge in [0, 0.05) is 33.9 Å². The molecule has 0 bridgehead atoms. The SMILES string of the molecule is COCC(CNCC1CCCO1)OC. The van der Waals surface area contributed by atoms with Crippen LogP contribution in [0.2, 0.25) is 0 Å². The predicted molar refractivity (Wildman–Crippen MR) is 54.5 cm³/mol. The lowest BCUT2D eigenvalue weighted by atomic mass is 10.2. The molecule has 1 fully saturated rings. The van der Waals surface area contributed by atoms with Crippen molar-refractivity contribution in [3.8, 4) is 0 Å². The van der Waals surface area contributed by atoms with E-state index in [0.29, 0.717) is 12.7 Å². The van der Waals surface area contributed by atoms with Crippen molar-refractivity contribution in [2.75, 3.05) is 40.5 Å². The van der Waals surface area contributed by atoms with Crippen molar-refractivity contribution in [2.24, 2.45) is 0 Å². The Morgan fingerprint density at radius 3 is 2.93 bits per heavy atom. The van der Waals surface area contributed by atoms with Crippen molar-refractivity contribution in [3.63, 3.8) is 0 Å². The van der Waals surface area contributed by atoms with Crippen LogP contribution in [0.15, 0.2) is 0 Å². The molecule has 1 heterocycles. The molecular weight excluding hydrogens is 182 g/mol. The molecule has 0 amide bonds. The van der Waals surface area contributed by atoms with Gasteiger partial charge in [-0.3, -0.25) is 0 Å². The Balaban J connectivity index is 2.00. The Kier molecular flexibility index (Phi) is 6.10. The first-order valence-corrected chi connectivity index (χ1v) is 5.21.